The van der Waals surface area contributed by atoms with Crippen molar-refractivity contribution in [3.8, 4) is 0 Å². The summed E-state index contributed by atoms with van der Waals surface area (Å²) in [5, 5.41) is 9.50. The molecule has 0 bridgehead atoms. The van der Waals surface area contributed by atoms with Crippen molar-refractivity contribution in [2.75, 3.05) is 19.6 Å². The number of hydrogen-bond donors (Lipinski definition) is 3. The van der Waals surface area contributed by atoms with Gasteiger partial charge in [-0.3, -0.25) is 14.8 Å². The Hall–Kier alpha value is -2.11. The SMILES string of the molecule is CCNC(=NCCc1ccc(C)nc1)NC1CCC(=O)NC1. The maximum atomic E-state index is 11.2. The summed E-state index contributed by atoms with van der Waals surface area (Å²) in [6.07, 6.45) is 4.19. The Morgan fingerprint density at radius 2 is 2.36 bits per heavy atom. The largest absolute Gasteiger partial charge is 0.357 e. The van der Waals surface area contributed by atoms with Crippen LogP contribution in [0.1, 0.15) is 31.0 Å². The van der Waals surface area contributed by atoms with Crippen LogP contribution in [0.2, 0.25) is 0 Å². The lowest BCUT2D eigenvalue weighted by Crippen LogP contribution is -2.51. The van der Waals surface area contributed by atoms with Gasteiger partial charge in [0.05, 0.1) is 0 Å². The summed E-state index contributed by atoms with van der Waals surface area (Å²) in [5.41, 5.74) is 2.22. The zero-order valence-electron chi connectivity index (χ0n) is 13.4. The maximum Gasteiger partial charge on any atom is 0.220 e. The number of aromatic nitrogens is 1. The lowest BCUT2D eigenvalue weighted by Gasteiger charge is -2.25. The standard InChI is InChI=1S/C16H25N5O/c1-3-17-16(21-14-6-7-15(22)20-11-14)18-9-8-13-5-4-12(2)19-10-13/h4-5,10,14H,3,6-9,11H2,1-2H3,(H,20,22)(H2,17,18,21). The highest BCUT2D eigenvalue weighted by atomic mass is 16.1. The van der Waals surface area contributed by atoms with Gasteiger partial charge >= 0.3 is 0 Å². The highest BCUT2D eigenvalue weighted by Crippen LogP contribution is 2.03. The van der Waals surface area contributed by atoms with E-state index in [0.717, 1.165) is 31.0 Å². The zero-order chi connectivity index (χ0) is 15.8. The molecule has 0 radical (unpaired) electrons. The van der Waals surface area contributed by atoms with Gasteiger partial charge in [0.25, 0.3) is 0 Å². The van der Waals surface area contributed by atoms with Crippen molar-refractivity contribution in [2.24, 2.45) is 4.99 Å². The number of amides is 1. The van der Waals surface area contributed by atoms with Crippen LogP contribution < -0.4 is 16.0 Å². The summed E-state index contributed by atoms with van der Waals surface area (Å²) in [5.74, 6) is 0.940. The van der Waals surface area contributed by atoms with E-state index in [2.05, 4.69) is 32.0 Å². The minimum atomic E-state index is 0.131. The first-order valence-corrected chi connectivity index (χ1v) is 7.90. The van der Waals surface area contributed by atoms with Crippen molar-refractivity contribution in [2.45, 2.75) is 39.2 Å². The fourth-order valence-corrected chi connectivity index (χ4v) is 2.31. The summed E-state index contributed by atoms with van der Waals surface area (Å²) in [6.45, 7) is 6.21. The Kier molecular flexibility index (Phi) is 6.18. The van der Waals surface area contributed by atoms with Crippen molar-refractivity contribution in [1.29, 1.82) is 0 Å². The van der Waals surface area contributed by atoms with Crippen LogP contribution in [0.15, 0.2) is 23.3 Å². The van der Waals surface area contributed by atoms with Crippen LogP contribution in [0.25, 0.3) is 0 Å². The van der Waals surface area contributed by atoms with E-state index in [0.29, 0.717) is 19.5 Å². The number of aryl methyl sites for hydroxylation is 1. The van der Waals surface area contributed by atoms with Crippen molar-refractivity contribution >= 4 is 11.9 Å². The molecule has 6 heteroatoms. The monoisotopic (exact) mass is 303 g/mol. The van der Waals surface area contributed by atoms with E-state index in [9.17, 15) is 4.79 Å². The van der Waals surface area contributed by atoms with E-state index >= 15 is 0 Å². The number of hydrogen-bond acceptors (Lipinski definition) is 3. The van der Waals surface area contributed by atoms with Crippen LogP contribution in [0.3, 0.4) is 0 Å². The van der Waals surface area contributed by atoms with Gasteiger partial charge in [-0.25, -0.2) is 0 Å². The number of carbonyl (C=O) groups excluding carboxylic acids is 1. The van der Waals surface area contributed by atoms with Crippen molar-refractivity contribution < 1.29 is 4.79 Å². The van der Waals surface area contributed by atoms with Crippen LogP contribution in [0.4, 0.5) is 0 Å². The predicted molar refractivity (Wildman–Crippen MR) is 87.8 cm³/mol. The number of guanidine groups is 1. The molecular weight excluding hydrogens is 278 g/mol. The Bertz CT molecular complexity index is 502. The molecule has 0 spiro atoms. The molecule has 1 saturated heterocycles. The molecule has 2 heterocycles. The topological polar surface area (TPSA) is 78.4 Å². The van der Waals surface area contributed by atoms with E-state index in [1.54, 1.807) is 0 Å². The van der Waals surface area contributed by atoms with Gasteiger partial charge < -0.3 is 16.0 Å². The molecule has 0 saturated carbocycles. The fraction of sp³-hybridized carbons (Fsp3) is 0.562. The summed E-state index contributed by atoms with van der Waals surface area (Å²) in [7, 11) is 0. The summed E-state index contributed by atoms with van der Waals surface area (Å²) >= 11 is 0. The lowest BCUT2D eigenvalue weighted by atomic mass is 10.1. The van der Waals surface area contributed by atoms with Gasteiger partial charge in [-0.05, 0) is 38.3 Å². The molecule has 1 atom stereocenters. The molecule has 22 heavy (non-hydrogen) atoms. The number of nitrogens with zero attached hydrogens (tertiary/aromatic N) is 2. The summed E-state index contributed by atoms with van der Waals surface area (Å²) < 4.78 is 0. The Morgan fingerprint density at radius 3 is 3.00 bits per heavy atom. The molecule has 1 aromatic heterocycles. The average Bonchev–Trinajstić information content (AvgIpc) is 2.52. The van der Waals surface area contributed by atoms with Crippen LogP contribution in [0.5, 0.6) is 0 Å². The van der Waals surface area contributed by atoms with E-state index in [-0.39, 0.29) is 11.9 Å². The number of piperidine rings is 1. The van der Waals surface area contributed by atoms with Gasteiger partial charge in [0.1, 0.15) is 0 Å². The smallest absolute Gasteiger partial charge is 0.220 e. The van der Waals surface area contributed by atoms with Gasteiger partial charge in [0, 0.05) is 44.0 Å². The number of carbonyl (C=O) groups is 1. The van der Waals surface area contributed by atoms with Crippen molar-refractivity contribution in [3.63, 3.8) is 0 Å². The second-order valence-corrected chi connectivity index (χ2v) is 5.50. The number of aliphatic imine (C=N–C) groups is 1. The third-order valence-corrected chi connectivity index (χ3v) is 3.59. The van der Waals surface area contributed by atoms with Gasteiger partial charge in [0.15, 0.2) is 5.96 Å². The third-order valence-electron chi connectivity index (χ3n) is 3.59. The van der Waals surface area contributed by atoms with Crippen molar-refractivity contribution in [3.05, 3.63) is 29.6 Å². The molecule has 0 aliphatic carbocycles. The van der Waals surface area contributed by atoms with Gasteiger partial charge in [-0.1, -0.05) is 6.07 Å². The molecular formula is C16H25N5O. The Balaban J connectivity index is 1.83. The minimum absolute atomic E-state index is 0.131. The highest BCUT2D eigenvalue weighted by Gasteiger charge is 2.18. The second kappa shape index (κ2) is 8.36. The molecule has 1 aliphatic rings. The van der Waals surface area contributed by atoms with Gasteiger partial charge in [0.2, 0.25) is 5.91 Å². The maximum absolute atomic E-state index is 11.2. The van der Waals surface area contributed by atoms with Crippen LogP contribution in [0, 0.1) is 6.92 Å². The predicted octanol–water partition coefficient (Wildman–Crippen LogP) is 0.766. The molecule has 3 N–H and O–H groups in total. The third kappa shape index (κ3) is 5.35. The quantitative estimate of drug-likeness (QED) is 0.554. The molecule has 6 nitrogen and oxygen atoms in total. The molecule has 1 aliphatic heterocycles. The molecule has 1 fully saturated rings. The number of pyridine rings is 1. The summed E-state index contributed by atoms with van der Waals surface area (Å²) in [6, 6.07) is 4.36. The average molecular weight is 303 g/mol. The molecule has 1 amide bonds. The molecule has 2 rings (SSSR count). The van der Waals surface area contributed by atoms with Crippen LogP contribution in [-0.2, 0) is 11.2 Å². The van der Waals surface area contributed by atoms with Crippen molar-refractivity contribution in [1.82, 2.24) is 20.9 Å². The lowest BCUT2D eigenvalue weighted by molar-refractivity contribution is -0.122. The zero-order valence-corrected chi connectivity index (χ0v) is 13.4. The van der Waals surface area contributed by atoms with E-state index in [1.807, 2.05) is 26.1 Å². The minimum Gasteiger partial charge on any atom is -0.357 e. The first kappa shape index (κ1) is 16.3. The first-order valence-electron chi connectivity index (χ1n) is 7.90. The van der Waals surface area contributed by atoms with Crippen LogP contribution >= 0.6 is 0 Å². The molecule has 120 valence electrons. The van der Waals surface area contributed by atoms with E-state index in [4.69, 9.17) is 0 Å². The highest BCUT2D eigenvalue weighted by molar-refractivity contribution is 5.81. The van der Waals surface area contributed by atoms with Gasteiger partial charge in [-0.15, -0.1) is 0 Å². The Labute approximate surface area is 131 Å². The normalized spacial score (nSPS) is 18.7. The fourth-order valence-electron chi connectivity index (χ4n) is 2.31. The molecule has 0 aromatic carbocycles. The van der Waals surface area contributed by atoms with Gasteiger partial charge in [-0.2, -0.15) is 0 Å². The molecule has 1 unspecified atom stereocenters. The molecule has 1 aromatic rings. The summed E-state index contributed by atoms with van der Waals surface area (Å²) in [4.78, 5) is 20.1. The van der Waals surface area contributed by atoms with E-state index < -0.39 is 0 Å². The van der Waals surface area contributed by atoms with E-state index in [1.165, 1.54) is 5.56 Å². The first-order chi connectivity index (χ1) is 10.7. The Morgan fingerprint density at radius 1 is 1.50 bits per heavy atom. The number of rotatable bonds is 5. The second-order valence-electron chi connectivity index (χ2n) is 5.50. The van der Waals surface area contributed by atoms with Crippen LogP contribution in [-0.4, -0.2) is 42.5 Å². The number of nitrogens with one attached hydrogen (secondary N) is 3.